The number of aromatic nitrogens is 4. The topological polar surface area (TPSA) is 144 Å². The summed E-state index contributed by atoms with van der Waals surface area (Å²) in [6.45, 7) is 11.5. The van der Waals surface area contributed by atoms with Gasteiger partial charge in [0.05, 0.1) is 12.9 Å². The van der Waals surface area contributed by atoms with Gasteiger partial charge < -0.3 is 19.1 Å². The zero-order valence-corrected chi connectivity index (χ0v) is 20.9. The summed E-state index contributed by atoms with van der Waals surface area (Å²) in [7, 11) is 0.531. The number of aromatic amines is 1. The minimum Gasteiger partial charge on any atom is -0.394 e. The number of anilines is 1. The number of methoxy groups -OCH3 is 1. The molecule has 3 heterocycles. The Balaban J connectivity index is 1.96. The van der Waals surface area contributed by atoms with Crippen molar-refractivity contribution in [3.63, 3.8) is 0 Å². The monoisotopic (exact) mass is 484 g/mol. The molecule has 2 unspecified atom stereocenters. The lowest BCUT2D eigenvalue weighted by Gasteiger charge is -2.37. The molecular weight excluding hydrogens is 451 g/mol. The lowest BCUT2D eigenvalue weighted by atomic mass is 10.1. The molecule has 33 heavy (non-hydrogen) atoms. The highest BCUT2D eigenvalue weighted by Gasteiger charge is 2.48. The smallest absolute Gasteiger partial charge is 0.280 e. The largest absolute Gasteiger partial charge is 0.394 e. The Morgan fingerprint density at radius 2 is 2.03 bits per heavy atom. The van der Waals surface area contributed by atoms with E-state index >= 15 is 0 Å². The van der Waals surface area contributed by atoms with E-state index in [4.69, 9.17) is 14.0 Å². The summed E-state index contributed by atoms with van der Waals surface area (Å²) in [5.74, 6) is -0.373. The van der Waals surface area contributed by atoms with Crippen molar-refractivity contribution in [1.29, 1.82) is 0 Å². The molecule has 1 aliphatic rings. The van der Waals surface area contributed by atoms with Crippen LogP contribution >= 0.6 is 8.30 Å². The van der Waals surface area contributed by atoms with Gasteiger partial charge in [0, 0.05) is 26.1 Å². The van der Waals surface area contributed by atoms with Gasteiger partial charge in [0.15, 0.2) is 17.4 Å². The highest BCUT2D eigenvalue weighted by molar-refractivity contribution is 7.49. The zero-order chi connectivity index (χ0) is 24.4. The van der Waals surface area contributed by atoms with Gasteiger partial charge in [-0.1, -0.05) is 0 Å². The first kappa shape index (κ1) is 25.7. The SMILES string of the molecule is CO[C@H]1C(OP(C)N(C(C)C)C(C)C)[C@@H](CO)O[C@H]1n1cnc2c(=O)[nH]c(NC(C)=O)nc21. The third-order valence-electron chi connectivity index (χ3n) is 5.40. The molecule has 1 fully saturated rings. The van der Waals surface area contributed by atoms with Crippen LogP contribution in [0, 0.1) is 0 Å². The zero-order valence-electron chi connectivity index (χ0n) is 20.0. The van der Waals surface area contributed by atoms with Gasteiger partial charge in [-0.2, -0.15) is 4.98 Å². The molecule has 3 rings (SSSR count). The molecule has 12 nitrogen and oxygen atoms in total. The molecule has 0 aromatic carbocycles. The van der Waals surface area contributed by atoms with Gasteiger partial charge in [-0.15, -0.1) is 0 Å². The third-order valence-corrected chi connectivity index (χ3v) is 7.52. The van der Waals surface area contributed by atoms with E-state index in [1.54, 1.807) is 11.7 Å². The number of nitrogens with one attached hydrogen (secondary N) is 2. The molecule has 2 aromatic rings. The van der Waals surface area contributed by atoms with Crippen molar-refractivity contribution in [2.45, 2.75) is 71.2 Å². The number of hydrogen-bond donors (Lipinski definition) is 3. The number of H-pyrrole nitrogens is 1. The van der Waals surface area contributed by atoms with Crippen LogP contribution in [-0.2, 0) is 18.8 Å². The van der Waals surface area contributed by atoms with Crippen molar-refractivity contribution < 1.29 is 23.9 Å². The predicted molar refractivity (Wildman–Crippen MR) is 124 cm³/mol. The fraction of sp³-hybridized carbons (Fsp3) is 0.700. The molecule has 184 valence electrons. The summed E-state index contributed by atoms with van der Waals surface area (Å²) in [4.78, 5) is 34.8. The van der Waals surface area contributed by atoms with Gasteiger partial charge in [0.25, 0.3) is 5.56 Å². The van der Waals surface area contributed by atoms with E-state index < -0.39 is 38.4 Å². The molecular formula is C20H33N6O6P. The molecule has 0 radical (unpaired) electrons. The lowest BCUT2D eigenvalue weighted by molar-refractivity contribution is -0.114. The summed E-state index contributed by atoms with van der Waals surface area (Å²) < 4.78 is 22.2. The van der Waals surface area contributed by atoms with E-state index in [1.165, 1.54) is 13.3 Å². The molecule has 3 N–H and O–H groups in total. The lowest BCUT2D eigenvalue weighted by Crippen LogP contribution is -2.39. The first-order chi connectivity index (χ1) is 15.6. The first-order valence-corrected chi connectivity index (χ1v) is 12.5. The highest BCUT2D eigenvalue weighted by Crippen LogP contribution is 2.47. The highest BCUT2D eigenvalue weighted by atomic mass is 31.2. The second-order valence-corrected chi connectivity index (χ2v) is 10.1. The minimum atomic E-state index is -1.01. The molecule has 5 atom stereocenters. The fourth-order valence-electron chi connectivity index (χ4n) is 4.27. The maximum absolute atomic E-state index is 12.4. The number of hydrogen-bond acceptors (Lipinski definition) is 9. The van der Waals surface area contributed by atoms with Crippen molar-refractivity contribution in [2.24, 2.45) is 0 Å². The summed E-state index contributed by atoms with van der Waals surface area (Å²) in [6, 6.07) is 0.544. The van der Waals surface area contributed by atoms with Gasteiger partial charge in [0.2, 0.25) is 11.9 Å². The molecule has 13 heteroatoms. The molecule has 2 aromatic heterocycles. The molecule has 0 bridgehead atoms. The molecule has 1 aliphatic heterocycles. The van der Waals surface area contributed by atoms with Crippen LogP contribution in [0.1, 0.15) is 40.8 Å². The summed E-state index contributed by atoms with van der Waals surface area (Å²) in [5.41, 5.74) is -0.185. The van der Waals surface area contributed by atoms with Crippen LogP contribution in [-0.4, -0.2) is 86.0 Å². The molecule has 0 saturated carbocycles. The van der Waals surface area contributed by atoms with Crippen molar-refractivity contribution >= 4 is 31.3 Å². The Morgan fingerprint density at radius 1 is 1.36 bits per heavy atom. The fourth-order valence-corrected chi connectivity index (χ4v) is 6.29. The van der Waals surface area contributed by atoms with Gasteiger partial charge in [-0.3, -0.25) is 29.1 Å². The Hall–Kier alpha value is -1.95. The van der Waals surface area contributed by atoms with Crippen LogP contribution in [0.5, 0.6) is 0 Å². The number of aliphatic hydroxyl groups excluding tert-OH is 1. The van der Waals surface area contributed by atoms with Crippen LogP contribution in [0.15, 0.2) is 11.1 Å². The number of aliphatic hydroxyl groups is 1. The second-order valence-electron chi connectivity index (χ2n) is 8.47. The van der Waals surface area contributed by atoms with E-state index in [0.29, 0.717) is 0 Å². The number of nitrogens with zero attached hydrogens (tertiary/aromatic N) is 4. The average molecular weight is 484 g/mol. The van der Waals surface area contributed by atoms with Gasteiger partial charge >= 0.3 is 0 Å². The van der Waals surface area contributed by atoms with Crippen molar-refractivity contribution in [1.82, 2.24) is 24.2 Å². The van der Waals surface area contributed by atoms with E-state index in [-0.39, 0.29) is 41.7 Å². The molecule has 1 saturated heterocycles. The van der Waals surface area contributed by atoms with Gasteiger partial charge in [-0.05, 0) is 34.4 Å². The maximum atomic E-state index is 12.4. The molecule has 0 aliphatic carbocycles. The van der Waals surface area contributed by atoms with Crippen molar-refractivity contribution in [3.05, 3.63) is 16.7 Å². The van der Waals surface area contributed by atoms with Crippen LogP contribution < -0.4 is 10.9 Å². The second kappa shape index (κ2) is 10.5. The number of carbonyl (C=O) groups excluding carboxylic acids is 1. The molecule has 1 amide bonds. The number of ether oxygens (including phenoxy) is 2. The van der Waals surface area contributed by atoms with Gasteiger partial charge in [-0.25, -0.2) is 4.98 Å². The van der Waals surface area contributed by atoms with Crippen molar-refractivity contribution in [2.75, 3.05) is 25.7 Å². The Kier molecular flexibility index (Phi) is 8.20. The van der Waals surface area contributed by atoms with E-state index in [2.05, 4.69) is 52.6 Å². The summed E-state index contributed by atoms with van der Waals surface area (Å²) in [6.07, 6.45) is -1.13. The van der Waals surface area contributed by atoms with E-state index in [9.17, 15) is 14.7 Å². The Morgan fingerprint density at radius 3 is 2.58 bits per heavy atom. The maximum Gasteiger partial charge on any atom is 0.280 e. The number of imidazole rings is 1. The number of amides is 1. The average Bonchev–Trinajstić information content (AvgIpc) is 3.27. The van der Waals surface area contributed by atoms with Crippen LogP contribution in [0.4, 0.5) is 5.95 Å². The van der Waals surface area contributed by atoms with E-state index in [0.717, 1.165) is 0 Å². The van der Waals surface area contributed by atoms with E-state index in [1.807, 2.05) is 6.66 Å². The van der Waals surface area contributed by atoms with Crippen molar-refractivity contribution in [3.8, 4) is 0 Å². The Bertz CT molecular complexity index is 1020. The quantitative estimate of drug-likeness (QED) is 0.450. The normalized spacial score (nSPS) is 24.3. The number of fused-ring (bicyclic) bond motifs is 1. The number of rotatable bonds is 9. The Labute approximate surface area is 193 Å². The van der Waals surface area contributed by atoms with Crippen LogP contribution in [0.2, 0.25) is 0 Å². The summed E-state index contributed by atoms with van der Waals surface area (Å²) in [5, 5.41) is 12.5. The molecule has 0 spiro atoms. The summed E-state index contributed by atoms with van der Waals surface area (Å²) >= 11 is 0. The van der Waals surface area contributed by atoms with Crippen LogP contribution in [0.3, 0.4) is 0 Å². The standard InChI is InChI=1S/C20H33N6O6P/c1-10(2)26(11(3)4)33(7)32-15-13(8-27)31-19(16(15)30-6)25-9-21-14-17(25)23-20(22-12(5)28)24-18(14)29/h9-11,13,15-16,19,27H,8H2,1-7H3,(H2,22,23,24,28,29)/t13-,15?,16+,19-,33?/m1/s1. The predicted octanol–water partition coefficient (Wildman–Crippen LogP) is 1.43. The third kappa shape index (κ3) is 5.26. The number of carbonyl (C=O) groups is 1. The van der Waals surface area contributed by atoms with Gasteiger partial charge in [0.1, 0.15) is 26.6 Å². The minimum absolute atomic E-state index is 0.00168. The first-order valence-electron chi connectivity index (χ1n) is 10.8. The van der Waals surface area contributed by atoms with Crippen LogP contribution in [0.25, 0.3) is 11.2 Å².